The Morgan fingerprint density at radius 3 is 2.26 bits per heavy atom. The maximum Gasteiger partial charge on any atom is 0.135 e. The van der Waals surface area contributed by atoms with Gasteiger partial charge in [-0.3, -0.25) is 0 Å². The highest BCUT2D eigenvalue weighted by molar-refractivity contribution is 6.32. The maximum absolute atomic E-state index is 6.10. The molecule has 2 aromatic rings. The van der Waals surface area contributed by atoms with Crippen LogP contribution < -0.4 is 4.90 Å². The van der Waals surface area contributed by atoms with Crippen LogP contribution in [0.15, 0.2) is 30.3 Å². The lowest BCUT2D eigenvalue weighted by Gasteiger charge is -2.21. The second-order valence-corrected chi connectivity index (χ2v) is 5.53. The van der Waals surface area contributed by atoms with Gasteiger partial charge in [-0.25, -0.2) is 4.98 Å². The average Bonchev–Trinajstić information content (AvgIpc) is 2.31. The van der Waals surface area contributed by atoms with E-state index in [1.54, 1.807) is 6.07 Å². The van der Waals surface area contributed by atoms with Crippen LogP contribution in [0.3, 0.4) is 0 Å². The van der Waals surface area contributed by atoms with Gasteiger partial charge in [-0.2, -0.15) is 0 Å². The van der Waals surface area contributed by atoms with Crippen LogP contribution in [0.2, 0.25) is 10.3 Å². The number of pyridine rings is 1. The Kier molecular flexibility index (Phi) is 4.33. The zero-order valence-electron chi connectivity index (χ0n) is 11.2. The van der Waals surface area contributed by atoms with Gasteiger partial charge in [-0.05, 0) is 43.2 Å². The van der Waals surface area contributed by atoms with E-state index in [0.717, 1.165) is 5.56 Å². The fourth-order valence-electron chi connectivity index (χ4n) is 2.08. The maximum atomic E-state index is 6.10. The van der Waals surface area contributed by atoms with E-state index in [2.05, 4.69) is 41.9 Å². The largest absolute Gasteiger partial charge is 0.370 e. The standard InChI is InChI=1S/C15H16Cl2N2/c1-10-6-11(2)8-13(7-10)19(3)9-12-4-5-14(16)18-15(12)17/h4-8H,9H2,1-3H3. The van der Waals surface area contributed by atoms with Crippen molar-refractivity contribution in [2.24, 2.45) is 0 Å². The number of benzene rings is 1. The number of hydrogen-bond acceptors (Lipinski definition) is 2. The summed E-state index contributed by atoms with van der Waals surface area (Å²) in [5.74, 6) is 0. The van der Waals surface area contributed by atoms with Crippen molar-refractivity contribution in [3.05, 3.63) is 57.3 Å². The highest BCUT2D eigenvalue weighted by Crippen LogP contribution is 2.22. The van der Waals surface area contributed by atoms with E-state index >= 15 is 0 Å². The highest BCUT2D eigenvalue weighted by Gasteiger charge is 2.08. The van der Waals surface area contributed by atoms with Crippen molar-refractivity contribution in [1.29, 1.82) is 0 Å². The molecule has 0 aliphatic carbocycles. The summed E-state index contributed by atoms with van der Waals surface area (Å²) in [7, 11) is 2.04. The first kappa shape index (κ1) is 14.2. The first-order chi connectivity index (χ1) is 8.95. The lowest BCUT2D eigenvalue weighted by molar-refractivity contribution is 0.913. The van der Waals surface area contributed by atoms with Gasteiger partial charge in [0.25, 0.3) is 0 Å². The van der Waals surface area contributed by atoms with Gasteiger partial charge in [-0.1, -0.05) is 35.3 Å². The van der Waals surface area contributed by atoms with Crippen molar-refractivity contribution in [2.75, 3.05) is 11.9 Å². The third-order valence-corrected chi connectivity index (χ3v) is 3.48. The number of nitrogens with zero attached hydrogens (tertiary/aromatic N) is 2. The summed E-state index contributed by atoms with van der Waals surface area (Å²) < 4.78 is 0. The van der Waals surface area contributed by atoms with E-state index < -0.39 is 0 Å². The van der Waals surface area contributed by atoms with Crippen LogP contribution >= 0.6 is 23.2 Å². The van der Waals surface area contributed by atoms with Crippen molar-refractivity contribution in [3.8, 4) is 0 Å². The molecule has 0 aliphatic heterocycles. The van der Waals surface area contributed by atoms with Crippen LogP contribution in [0.25, 0.3) is 0 Å². The minimum atomic E-state index is 0.419. The molecule has 0 amide bonds. The number of anilines is 1. The van der Waals surface area contributed by atoms with E-state index in [1.807, 2.05) is 13.1 Å². The average molecular weight is 295 g/mol. The van der Waals surface area contributed by atoms with Crippen molar-refractivity contribution in [2.45, 2.75) is 20.4 Å². The van der Waals surface area contributed by atoms with Gasteiger partial charge < -0.3 is 4.90 Å². The number of halogens is 2. The molecule has 0 saturated heterocycles. The molecule has 0 spiro atoms. The van der Waals surface area contributed by atoms with Crippen molar-refractivity contribution >= 4 is 28.9 Å². The number of aromatic nitrogens is 1. The molecule has 0 saturated carbocycles. The second-order valence-electron chi connectivity index (χ2n) is 4.79. The number of aryl methyl sites for hydroxylation is 2. The highest BCUT2D eigenvalue weighted by atomic mass is 35.5. The van der Waals surface area contributed by atoms with Gasteiger partial charge >= 0.3 is 0 Å². The molecule has 2 nitrogen and oxygen atoms in total. The van der Waals surface area contributed by atoms with Crippen LogP contribution in [-0.2, 0) is 6.54 Å². The molecule has 1 heterocycles. The van der Waals surface area contributed by atoms with Crippen LogP contribution in [0.5, 0.6) is 0 Å². The topological polar surface area (TPSA) is 16.1 Å². The first-order valence-corrected chi connectivity index (χ1v) is 6.81. The minimum absolute atomic E-state index is 0.419. The Balaban J connectivity index is 2.22. The SMILES string of the molecule is Cc1cc(C)cc(N(C)Cc2ccc(Cl)nc2Cl)c1. The molecule has 0 atom stereocenters. The summed E-state index contributed by atoms with van der Waals surface area (Å²) in [4.78, 5) is 6.21. The molecule has 0 bridgehead atoms. The zero-order valence-corrected chi connectivity index (χ0v) is 12.8. The minimum Gasteiger partial charge on any atom is -0.370 e. The predicted molar refractivity (Wildman–Crippen MR) is 82.3 cm³/mol. The van der Waals surface area contributed by atoms with Crippen LogP contribution in [0.4, 0.5) is 5.69 Å². The van der Waals surface area contributed by atoms with Gasteiger partial charge in [-0.15, -0.1) is 0 Å². The van der Waals surface area contributed by atoms with Crippen molar-refractivity contribution in [3.63, 3.8) is 0 Å². The van der Waals surface area contributed by atoms with E-state index in [1.165, 1.54) is 16.8 Å². The monoisotopic (exact) mass is 294 g/mol. The third-order valence-electron chi connectivity index (χ3n) is 2.95. The quantitative estimate of drug-likeness (QED) is 0.767. The summed E-state index contributed by atoms with van der Waals surface area (Å²) in [6, 6.07) is 10.2. The summed E-state index contributed by atoms with van der Waals surface area (Å²) in [5, 5.41) is 0.881. The van der Waals surface area contributed by atoms with Gasteiger partial charge in [0.1, 0.15) is 10.3 Å². The number of rotatable bonds is 3. The molecule has 1 aromatic carbocycles. The Bertz CT molecular complexity index is 576. The molecule has 100 valence electrons. The normalized spacial score (nSPS) is 10.6. The van der Waals surface area contributed by atoms with E-state index in [4.69, 9.17) is 23.2 Å². The third kappa shape index (κ3) is 3.62. The predicted octanol–water partition coefficient (Wildman–Crippen LogP) is 4.64. The molecule has 4 heteroatoms. The Hall–Kier alpha value is -1.25. The smallest absolute Gasteiger partial charge is 0.135 e. The van der Waals surface area contributed by atoms with E-state index in [9.17, 15) is 0 Å². The van der Waals surface area contributed by atoms with E-state index in [-0.39, 0.29) is 0 Å². The van der Waals surface area contributed by atoms with Crippen molar-refractivity contribution in [1.82, 2.24) is 4.98 Å². The Morgan fingerprint density at radius 2 is 1.68 bits per heavy atom. The molecule has 0 N–H and O–H groups in total. The summed E-state index contributed by atoms with van der Waals surface area (Å²) in [6.07, 6.45) is 0. The zero-order chi connectivity index (χ0) is 14.0. The van der Waals surface area contributed by atoms with Crippen molar-refractivity contribution < 1.29 is 0 Å². The Morgan fingerprint density at radius 1 is 1.05 bits per heavy atom. The van der Waals surface area contributed by atoms with Crippen LogP contribution in [0, 0.1) is 13.8 Å². The molecular weight excluding hydrogens is 279 g/mol. The molecule has 0 radical (unpaired) electrons. The number of hydrogen-bond donors (Lipinski definition) is 0. The van der Waals surface area contributed by atoms with Crippen LogP contribution in [0.1, 0.15) is 16.7 Å². The summed E-state index contributed by atoms with van der Waals surface area (Å²) in [5.41, 5.74) is 4.64. The molecule has 19 heavy (non-hydrogen) atoms. The fourth-order valence-corrected chi connectivity index (χ4v) is 2.48. The van der Waals surface area contributed by atoms with Gasteiger partial charge in [0.05, 0.1) is 0 Å². The second kappa shape index (κ2) is 5.81. The first-order valence-electron chi connectivity index (χ1n) is 6.06. The lowest BCUT2D eigenvalue weighted by atomic mass is 10.1. The molecule has 1 aromatic heterocycles. The van der Waals surface area contributed by atoms with Gasteiger partial charge in [0.2, 0.25) is 0 Å². The van der Waals surface area contributed by atoms with Gasteiger partial charge in [0, 0.05) is 24.8 Å². The van der Waals surface area contributed by atoms with Gasteiger partial charge in [0.15, 0.2) is 0 Å². The van der Waals surface area contributed by atoms with E-state index in [0.29, 0.717) is 16.9 Å². The molecule has 0 aliphatic rings. The van der Waals surface area contributed by atoms with Crippen LogP contribution in [-0.4, -0.2) is 12.0 Å². The molecule has 2 rings (SSSR count). The Labute approximate surface area is 124 Å². The summed E-state index contributed by atoms with van der Waals surface area (Å²) >= 11 is 11.9. The molecule has 0 fully saturated rings. The summed E-state index contributed by atoms with van der Waals surface area (Å²) in [6.45, 7) is 4.90. The molecular formula is C15H16Cl2N2. The molecule has 0 unspecified atom stereocenters. The fraction of sp³-hybridized carbons (Fsp3) is 0.267. The lowest BCUT2D eigenvalue weighted by Crippen LogP contribution is -2.17.